The van der Waals surface area contributed by atoms with Gasteiger partial charge >= 0.3 is 0 Å². The van der Waals surface area contributed by atoms with Gasteiger partial charge in [-0.3, -0.25) is 9.69 Å². The van der Waals surface area contributed by atoms with Gasteiger partial charge < -0.3 is 14.5 Å². The Morgan fingerprint density at radius 2 is 1.84 bits per heavy atom. The second kappa shape index (κ2) is 7.74. The molecular formula is C19H29N3O2S. The van der Waals surface area contributed by atoms with E-state index in [0.29, 0.717) is 25.3 Å². The molecule has 0 spiro atoms. The van der Waals surface area contributed by atoms with Gasteiger partial charge in [-0.05, 0) is 64.5 Å². The topological polar surface area (TPSA) is 36.0 Å². The van der Waals surface area contributed by atoms with Gasteiger partial charge in [0.25, 0.3) is 5.91 Å². The van der Waals surface area contributed by atoms with Crippen LogP contribution in [0, 0.1) is 0 Å². The molecule has 0 N–H and O–H groups in total. The summed E-state index contributed by atoms with van der Waals surface area (Å²) >= 11 is 1.72. The fraction of sp³-hybridized carbons (Fsp3) is 0.737. The van der Waals surface area contributed by atoms with Crippen LogP contribution in [0.1, 0.15) is 46.3 Å². The number of carbonyl (C=O) groups is 1. The second-order valence-electron chi connectivity index (χ2n) is 7.54. The molecule has 138 valence electrons. The summed E-state index contributed by atoms with van der Waals surface area (Å²) in [5.74, 6) is 0.184. The van der Waals surface area contributed by atoms with Crippen LogP contribution in [0.3, 0.4) is 0 Å². The third-order valence-corrected chi connectivity index (χ3v) is 7.09. The van der Waals surface area contributed by atoms with E-state index >= 15 is 0 Å². The van der Waals surface area contributed by atoms with Crippen LogP contribution in [0.25, 0.3) is 0 Å². The van der Waals surface area contributed by atoms with E-state index in [1.807, 2.05) is 11.0 Å². The number of rotatable bonds is 3. The molecule has 1 aromatic heterocycles. The molecule has 0 radical (unpaired) electrons. The lowest BCUT2D eigenvalue weighted by Crippen LogP contribution is -2.43. The third kappa shape index (κ3) is 3.77. The molecule has 4 heterocycles. The van der Waals surface area contributed by atoms with E-state index in [1.165, 1.54) is 50.2 Å². The maximum absolute atomic E-state index is 12.7. The number of piperidine rings is 1. The predicted octanol–water partition coefficient (Wildman–Crippen LogP) is 2.45. The van der Waals surface area contributed by atoms with Crippen LogP contribution in [0.2, 0.25) is 0 Å². The molecule has 3 aliphatic rings. The molecule has 1 amide bonds. The van der Waals surface area contributed by atoms with Crippen LogP contribution >= 0.6 is 11.3 Å². The van der Waals surface area contributed by atoms with Gasteiger partial charge in [0.15, 0.2) is 0 Å². The van der Waals surface area contributed by atoms with Gasteiger partial charge in [-0.15, -0.1) is 11.3 Å². The quantitative estimate of drug-likeness (QED) is 0.826. The molecule has 3 aliphatic heterocycles. The van der Waals surface area contributed by atoms with E-state index in [9.17, 15) is 4.79 Å². The van der Waals surface area contributed by atoms with E-state index in [1.54, 1.807) is 11.3 Å². The first-order valence-electron chi connectivity index (χ1n) is 9.63. The summed E-state index contributed by atoms with van der Waals surface area (Å²) in [4.78, 5) is 22.1. The summed E-state index contributed by atoms with van der Waals surface area (Å²) in [5, 5.41) is 0. The van der Waals surface area contributed by atoms with Crippen molar-refractivity contribution in [3.8, 4) is 0 Å². The van der Waals surface area contributed by atoms with Crippen LogP contribution in [-0.2, 0) is 4.74 Å². The van der Waals surface area contributed by atoms with E-state index < -0.39 is 0 Å². The van der Waals surface area contributed by atoms with Crippen LogP contribution in [0.4, 0.5) is 0 Å². The number of likely N-dealkylation sites (tertiary alicyclic amines) is 2. The minimum Gasteiger partial charge on any atom is -0.378 e. The van der Waals surface area contributed by atoms with Crippen molar-refractivity contribution in [1.29, 1.82) is 0 Å². The van der Waals surface area contributed by atoms with Gasteiger partial charge in [0, 0.05) is 30.1 Å². The van der Waals surface area contributed by atoms with Gasteiger partial charge in [-0.25, -0.2) is 0 Å². The first kappa shape index (κ1) is 17.5. The predicted molar refractivity (Wildman–Crippen MR) is 100 cm³/mol. The summed E-state index contributed by atoms with van der Waals surface area (Å²) in [5.41, 5.74) is 0. The van der Waals surface area contributed by atoms with E-state index in [2.05, 4.69) is 22.9 Å². The molecule has 0 aromatic carbocycles. The summed E-state index contributed by atoms with van der Waals surface area (Å²) in [6.07, 6.45) is 5.07. The van der Waals surface area contributed by atoms with E-state index in [-0.39, 0.29) is 5.91 Å². The third-order valence-electron chi connectivity index (χ3n) is 5.92. The number of thiophene rings is 1. The Labute approximate surface area is 154 Å². The highest BCUT2D eigenvalue weighted by Crippen LogP contribution is 2.39. The van der Waals surface area contributed by atoms with E-state index in [0.717, 1.165) is 18.0 Å². The zero-order valence-electron chi connectivity index (χ0n) is 15.2. The largest absolute Gasteiger partial charge is 0.378 e. The smallest absolute Gasteiger partial charge is 0.264 e. The summed E-state index contributed by atoms with van der Waals surface area (Å²) in [6.45, 7) is 6.39. The monoisotopic (exact) mass is 363 g/mol. The highest BCUT2D eigenvalue weighted by Gasteiger charge is 2.34. The molecule has 1 aromatic rings. The molecule has 6 heteroatoms. The van der Waals surface area contributed by atoms with Crippen LogP contribution < -0.4 is 0 Å². The van der Waals surface area contributed by atoms with Gasteiger partial charge in [-0.1, -0.05) is 0 Å². The summed E-state index contributed by atoms with van der Waals surface area (Å²) in [7, 11) is 2.22. The van der Waals surface area contributed by atoms with E-state index in [4.69, 9.17) is 4.74 Å². The molecule has 0 aliphatic carbocycles. The van der Waals surface area contributed by atoms with Crippen LogP contribution in [0.15, 0.2) is 12.1 Å². The van der Waals surface area contributed by atoms with Crippen molar-refractivity contribution in [3.05, 3.63) is 21.9 Å². The lowest BCUT2D eigenvalue weighted by atomic mass is 10.0. The van der Waals surface area contributed by atoms with Crippen molar-refractivity contribution in [2.75, 3.05) is 53.0 Å². The molecule has 4 rings (SSSR count). The fourth-order valence-corrected chi connectivity index (χ4v) is 5.56. The Bertz CT molecular complexity index is 591. The minimum atomic E-state index is 0.184. The minimum absolute atomic E-state index is 0.184. The maximum Gasteiger partial charge on any atom is 0.264 e. The normalized spacial score (nSPS) is 27.1. The molecule has 5 nitrogen and oxygen atoms in total. The molecule has 3 fully saturated rings. The average molecular weight is 364 g/mol. The standard InChI is InChI=1S/C19H29N3O2S/c1-20-9-6-15(7-10-20)22-8-2-3-16(22)17-4-5-18(25-17)19(23)21-11-13-24-14-12-21/h4-5,15-16H,2-3,6-14H2,1H3. The van der Waals surface area contributed by atoms with Gasteiger partial charge in [0.05, 0.1) is 18.1 Å². The molecule has 0 saturated carbocycles. The lowest BCUT2D eigenvalue weighted by molar-refractivity contribution is 0.0306. The first-order chi connectivity index (χ1) is 12.2. The van der Waals surface area contributed by atoms with Crippen LogP contribution in [0.5, 0.6) is 0 Å². The number of hydrogen-bond acceptors (Lipinski definition) is 5. The molecule has 0 bridgehead atoms. The maximum atomic E-state index is 12.7. The van der Waals surface area contributed by atoms with Crippen molar-refractivity contribution >= 4 is 17.2 Å². The number of ether oxygens (including phenoxy) is 1. The van der Waals surface area contributed by atoms with Crippen molar-refractivity contribution in [3.63, 3.8) is 0 Å². The molecule has 1 atom stereocenters. The number of nitrogens with zero attached hydrogens (tertiary/aromatic N) is 3. The van der Waals surface area contributed by atoms with Gasteiger partial charge in [-0.2, -0.15) is 0 Å². The second-order valence-corrected chi connectivity index (χ2v) is 8.65. The highest BCUT2D eigenvalue weighted by atomic mass is 32.1. The summed E-state index contributed by atoms with van der Waals surface area (Å²) in [6, 6.07) is 5.48. The Morgan fingerprint density at radius 3 is 2.60 bits per heavy atom. The number of hydrogen-bond donors (Lipinski definition) is 0. The number of carbonyl (C=O) groups excluding carboxylic acids is 1. The lowest BCUT2D eigenvalue weighted by Gasteiger charge is -2.38. The van der Waals surface area contributed by atoms with Crippen molar-refractivity contribution in [2.45, 2.75) is 37.8 Å². The average Bonchev–Trinajstić information content (AvgIpc) is 3.31. The van der Waals surface area contributed by atoms with Gasteiger partial charge in [0.1, 0.15) is 0 Å². The van der Waals surface area contributed by atoms with Crippen LogP contribution in [-0.4, -0.2) is 79.6 Å². The molecular weight excluding hydrogens is 334 g/mol. The first-order valence-corrected chi connectivity index (χ1v) is 10.4. The SMILES string of the molecule is CN1CCC(N2CCCC2c2ccc(C(=O)N3CCOCC3)s2)CC1. The Morgan fingerprint density at radius 1 is 1.08 bits per heavy atom. The Balaban J connectivity index is 1.44. The summed E-state index contributed by atoms with van der Waals surface area (Å²) < 4.78 is 5.36. The Kier molecular flexibility index (Phi) is 5.41. The van der Waals surface area contributed by atoms with Crippen molar-refractivity contribution in [1.82, 2.24) is 14.7 Å². The van der Waals surface area contributed by atoms with Gasteiger partial charge in [0.2, 0.25) is 0 Å². The zero-order chi connectivity index (χ0) is 17.2. The fourth-order valence-electron chi connectivity index (χ4n) is 4.43. The number of amides is 1. The molecule has 25 heavy (non-hydrogen) atoms. The number of morpholine rings is 1. The molecule has 3 saturated heterocycles. The molecule has 1 unspecified atom stereocenters. The Hall–Kier alpha value is -0.950. The zero-order valence-corrected chi connectivity index (χ0v) is 16.0. The van der Waals surface area contributed by atoms with Crippen molar-refractivity contribution in [2.24, 2.45) is 0 Å². The van der Waals surface area contributed by atoms with Crippen molar-refractivity contribution < 1.29 is 9.53 Å². The highest BCUT2D eigenvalue weighted by molar-refractivity contribution is 7.14.